The van der Waals surface area contributed by atoms with Crippen LogP contribution in [0, 0.1) is 11.8 Å². The number of nitrogens with one attached hydrogen (secondary N) is 1. The van der Waals surface area contributed by atoms with Gasteiger partial charge in [0.1, 0.15) is 0 Å². The van der Waals surface area contributed by atoms with Crippen LogP contribution in [0.3, 0.4) is 0 Å². The molecule has 1 aliphatic carbocycles. The van der Waals surface area contributed by atoms with Crippen LogP contribution >= 0.6 is 11.8 Å². The van der Waals surface area contributed by atoms with Crippen LogP contribution in [-0.2, 0) is 0 Å². The lowest BCUT2D eigenvalue weighted by atomic mass is 10.0. The average molecular weight is 282 g/mol. The van der Waals surface area contributed by atoms with E-state index in [-0.39, 0.29) is 0 Å². The summed E-state index contributed by atoms with van der Waals surface area (Å²) in [6, 6.07) is 0.742. The minimum absolute atomic E-state index is 0.742. The Kier molecular flexibility index (Phi) is 6.55. The average Bonchev–Trinajstić information content (AvgIpc) is 2.84. The first-order valence-corrected chi connectivity index (χ1v) is 9.18. The highest BCUT2D eigenvalue weighted by molar-refractivity contribution is 8.13. The van der Waals surface area contributed by atoms with Gasteiger partial charge >= 0.3 is 0 Å². The maximum Gasteiger partial charge on any atom is 0.156 e. The van der Waals surface area contributed by atoms with E-state index in [0.717, 1.165) is 24.4 Å². The Morgan fingerprint density at radius 3 is 2.89 bits per heavy atom. The second-order valence-corrected chi connectivity index (χ2v) is 7.55. The number of fused-ring (bicyclic) bond motifs is 1. The van der Waals surface area contributed by atoms with E-state index < -0.39 is 0 Å². The van der Waals surface area contributed by atoms with Crippen molar-refractivity contribution < 1.29 is 0 Å². The highest BCUT2D eigenvalue weighted by atomic mass is 32.2. The van der Waals surface area contributed by atoms with Crippen LogP contribution in [0.5, 0.6) is 0 Å². The lowest BCUT2D eigenvalue weighted by Gasteiger charge is -2.28. The van der Waals surface area contributed by atoms with Crippen molar-refractivity contribution in [3.05, 3.63) is 0 Å². The molecule has 0 radical (unpaired) electrons. The summed E-state index contributed by atoms with van der Waals surface area (Å²) in [7, 11) is 0. The molecule has 2 atom stereocenters. The smallest absolute Gasteiger partial charge is 0.156 e. The van der Waals surface area contributed by atoms with Crippen molar-refractivity contribution in [1.82, 2.24) is 5.32 Å². The number of aliphatic imine (C=N–C) groups is 1. The minimum atomic E-state index is 0.742. The summed E-state index contributed by atoms with van der Waals surface area (Å²) in [5.41, 5.74) is 0. The van der Waals surface area contributed by atoms with E-state index in [1.165, 1.54) is 62.3 Å². The summed E-state index contributed by atoms with van der Waals surface area (Å²) in [6.07, 6.45) is 11.0. The molecular weight excluding hydrogens is 252 g/mol. The highest BCUT2D eigenvalue weighted by Crippen LogP contribution is 2.32. The molecule has 1 N–H and O–H groups in total. The van der Waals surface area contributed by atoms with Crippen molar-refractivity contribution >= 4 is 16.9 Å². The van der Waals surface area contributed by atoms with Crippen molar-refractivity contribution in [3.63, 3.8) is 0 Å². The molecular formula is C16H30N2S. The van der Waals surface area contributed by atoms with E-state index in [2.05, 4.69) is 19.2 Å². The predicted octanol–water partition coefficient (Wildman–Crippen LogP) is 4.45. The number of rotatable bonds is 7. The Bertz CT molecular complexity index is 288. The zero-order chi connectivity index (χ0) is 13.5. The lowest BCUT2D eigenvalue weighted by Crippen LogP contribution is -2.41. The monoisotopic (exact) mass is 282 g/mol. The first kappa shape index (κ1) is 15.2. The molecule has 1 saturated carbocycles. The van der Waals surface area contributed by atoms with Crippen molar-refractivity contribution in [1.29, 1.82) is 0 Å². The Labute approximate surface area is 123 Å². The van der Waals surface area contributed by atoms with Gasteiger partial charge in [-0.15, -0.1) is 0 Å². The zero-order valence-corrected chi connectivity index (χ0v) is 13.5. The number of hydrogen-bond donors (Lipinski definition) is 1. The van der Waals surface area contributed by atoms with Gasteiger partial charge < -0.3 is 5.32 Å². The van der Waals surface area contributed by atoms with E-state index in [9.17, 15) is 0 Å². The lowest BCUT2D eigenvalue weighted by molar-refractivity contribution is 0.489. The minimum Gasteiger partial charge on any atom is -0.362 e. The second-order valence-electron chi connectivity index (χ2n) is 6.54. The molecule has 110 valence electrons. The molecule has 1 saturated heterocycles. The molecule has 0 aromatic carbocycles. The molecule has 3 heteroatoms. The second kappa shape index (κ2) is 8.18. The van der Waals surface area contributed by atoms with Gasteiger partial charge in [-0.25, -0.2) is 0 Å². The Hall–Kier alpha value is -0.180. The molecule has 1 heterocycles. The zero-order valence-electron chi connectivity index (χ0n) is 12.7. The van der Waals surface area contributed by atoms with Gasteiger partial charge in [0.2, 0.25) is 0 Å². The van der Waals surface area contributed by atoms with Gasteiger partial charge in [-0.05, 0) is 31.1 Å². The third-order valence-electron chi connectivity index (χ3n) is 4.35. The Morgan fingerprint density at radius 1 is 1.21 bits per heavy atom. The largest absolute Gasteiger partial charge is 0.362 e. The normalized spacial score (nSPS) is 28.7. The van der Waals surface area contributed by atoms with Gasteiger partial charge in [-0.3, -0.25) is 4.99 Å². The standard InChI is InChI=1S/C16H30N2S/c1-13(2)8-5-3-4-6-11-17-16-18-15-10-7-9-14(15)12-19-16/h13-15H,3-12H2,1-2H3,(H,17,18). The van der Waals surface area contributed by atoms with E-state index in [1.807, 2.05) is 11.8 Å². The van der Waals surface area contributed by atoms with Gasteiger partial charge in [0.05, 0.1) is 0 Å². The van der Waals surface area contributed by atoms with Gasteiger partial charge in [-0.2, -0.15) is 0 Å². The first-order chi connectivity index (χ1) is 9.25. The number of amidine groups is 1. The molecule has 2 fully saturated rings. The molecule has 2 unspecified atom stereocenters. The predicted molar refractivity (Wildman–Crippen MR) is 86.9 cm³/mol. The fraction of sp³-hybridized carbons (Fsp3) is 0.938. The SMILES string of the molecule is CC(C)CCCCCCN=C1NC2CCCC2CS1. The van der Waals surface area contributed by atoms with E-state index >= 15 is 0 Å². The summed E-state index contributed by atoms with van der Waals surface area (Å²) in [4.78, 5) is 4.74. The molecule has 19 heavy (non-hydrogen) atoms. The molecule has 0 bridgehead atoms. The third kappa shape index (κ3) is 5.37. The van der Waals surface area contributed by atoms with Crippen molar-refractivity contribution in [2.75, 3.05) is 12.3 Å². The fourth-order valence-electron chi connectivity index (χ4n) is 3.10. The number of nitrogens with zero attached hydrogens (tertiary/aromatic N) is 1. The first-order valence-electron chi connectivity index (χ1n) is 8.19. The van der Waals surface area contributed by atoms with Gasteiger partial charge in [0, 0.05) is 18.3 Å². The molecule has 0 aromatic heterocycles. The molecule has 1 aliphatic heterocycles. The van der Waals surface area contributed by atoms with Crippen LogP contribution in [0.4, 0.5) is 0 Å². The fourth-order valence-corrected chi connectivity index (χ4v) is 4.29. The molecule has 0 spiro atoms. The summed E-state index contributed by atoms with van der Waals surface area (Å²) in [5, 5.41) is 4.87. The van der Waals surface area contributed by atoms with E-state index in [4.69, 9.17) is 4.99 Å². The van der Waals surface area contributed by atoms with Crippen molar-refractivity contribution in [3.8, 4) is 0 Å². The Balaban J connectivity index is 1.53. The number of hydrogen-bond acceptors (Lipinski definition) is 2. The quantitative estimate of drug-likeness (QED) is 0.697. The van der Waals surface area contributed by atoms with E-state index in [0.29, 0.717) is 0 Å². The molecule has 2 rings (SSSR count). The number of unbranched alkanes of at least 4 members (excludes halogenated alkanes) is 3. The van der Waals surface area contributed by atoms with Crippen LogP contribution in [0.25, 0.3) is 0 Å². The molecule has 0 amide bonds. The van der Waals surface area contributed by atoms with Gasteiger partial charge in [0.25, 0.3) is 0 Å². The summed E-state index contributed by atoms with van der Waals surface area (Å²) < 4.78 is 0. The van der Waals surface area contributed by atoms with Crippen molar-refractivity contribution in [2.45, 2.75) is 71.3 Å². The van der Waals surface area contributed by atoms with Crippen LogP contribution < -0.4 is 5.32 Å². The highest BCUT2D eigenvalue weighted by Gasteiger charge is 2.31. The van der Waals surface area contributed by atoms with Crippen LogP contribution in [0.2, 0.25) is 0 Å². The summed E-state index contributed by atoms with van der Waals surface area (Å²) in [6.45, 7) is 5.65. The van der Waals surface area contributed by atoms with Gasteiger partial charge in [-0.1, -0.05) is 57.7 Å². The maximum atomic E-state index is 4.74. The summed E-state index contributed by atoms with van der Waals surface area (Å²) >= 11 is 1.95. The molecule has 0 aromatic rings. The van der Waals surface area contributed by atoms with Crippen LogP contribution in [0.15, 0.2) is 4.99 Å². The topological polar surface area (TPSA) is 24.4 Å². The molecule has 2 aliphatic rings. The van der Waals surface area contributed by atoms with Crippen LogP contribution in [-0.4, -0.2) is 23.5 Å². The van der Waals surface area contributed by atoms with Crippen molar-refractivity contribution in [2.24, 2.45) is 16.8 Å². The Morgan fingerprint density at radius 2 is 2.05 bits per heavy atom. The van der Waals surface area contributed by atoms with Gasteiger partial charge in [0.15, 0.2) is 5.17 Å². The van der Waals surface area contributed by atoms with E-state index in [1.54, 1.807) is 0 Å². The maximum absolute atomic E-state index is 4.74. The molecule has 2 nitrogen and oxygen atoms in total. The summed E-state index contributed by atoms with van der Waals surface area (Å²) in [5.74, 6) is 3.08. The third-order valence-corrected chi connectivity index (χ3v) is 5.46. The number of thioether (sulfide) groups is 1. The van der Waals surface area contributed by atoms with Crippen LogP contribution in [0.1, 0.15) is 65.2 Å².